The van der Waals surface area contributed by atoms with Gasteiger partial charge in [-0.15, -0.1) is 0 Å². The van der Waals surface area contributed by atoms with Crippen molar-refractivity contribution < 1.29 is 194 Å². The molecule has 0 saturated heterocycles. The Morgan fingerprint density at radius 3 is 1.29 bits per heavy atom. The van der Waals surface area contributed by atoms with E-state index in [0.29, 0.717) is 36.9 Å². The van der Waals surface area contributed by atoms with Crippen molar-refractivity contribution >= 4 is 50.3 Å². The minimum absolute atomic E-state index is 0. The maximum Gasteiger partial charge on any atom is 1.00 e. The number of halogens is 7. The molecule has 0 atom stereocenters. The third-order valence-electron chi connectivity index (χ3n) is 10.9. The summed E-state index contributed by atoms with van der Waals surface area (Å²) in [7, 11) is -11.8. The van der Waals surface area contributed by atoms with Gasteiger partial charge in [0.25, 0.3) is 0 Å². The summed E-state index contributed by atoms with van der Waals surface area (Å²) in [6.45, 7) is 0.500. The fourth-order valence-corrected chi connectivity index (χ4v) is 10.4. The van der Waals surface area contributed by atoms with Crippen LogP contribution < -0.4 is 93.9 Å². The Bertz CT molecular complexity index is 1530. The van der Waals surface area contributed by atoms with Crippen molar-refractivity contribution in [1.82, 2.24) is 0 Å². The third-order valence-corrected chi connectivity index (χ3v) is 13.0. The topological polar surface area (TPSA) is 273 Å². The molecule has 8 aliphatic carbocycles. The van der Waals surface area contributed by atoms with Gasteiger partial charge in [0.1, 0.15) is 12.0 Å². The van der Waals surface area contributed by atoms with E-state index in [9.17, 15) is 76.4 Å². The maximum absolute atomic E-state index is 13.3. The molecular weight excluding hydrogens is 914 g/mol. The van der Waals surface area contributed by atoms with Gasteiger partial charge < -0.3 is 35.0 Å². The number of ether oxygens (including phenoxy) is 2. The second-order valence-corrected chi connectivity index (χ2v) is 18.7. The molecule has 0 aromatic carbocycles. The zero-order chi connectivity index (χ0) is 41.1. The predicted molar refractivity (Wildman–Crippen MR) is 172 cm³/mol. The van der Waals surface area contributed by atoms with Gasteiger partial charge in [-0.25, -0.2) is 22.8 Å². The van der Waals surface area contributed by atoms with Crippen LogP contribution in [0.4, 0.5) is 30.2 Å². The van der Waals surface area contributed by atoms with Crippen molar-refractivity contribution in [2.24, 2.45) is 46.3 Å². The van der Waals surface area contributed by atoms with Gasteiger partial charge in [-0.3, -0.25) is 5.04 Å². The van der Waals surface area contributed by atoms with Gasteiger partial charge in [0.15, 0.2) is 10.1 Å². The smallest absolute Gasteiger partial charge is 0.870 e. The zero-order valence-electron chi connectivity index (χ0n) is 31.9. The number of aliphatic hydroxyl groups excluding tert-OH is 1. The standard InChI is InChI=1S/C13H18F2O5S.C11H18O.C3H3F3O4S.C2H2F2O5S.CH4.3Na.H2O/c14-13(15,21-20-19-17)11(16)18-7-12-4-8-1-9(5-12)3-10(2-8)6-12;12-7-11-4-8-1-9(5-11)3-10(2-8)6-11;1-10-2(7)3(4,5)11(6,8)9;3-2(4,1(5)6)10(7,8)9;;;;;/h8-10,17H,1-7H2;8-10,12H,1-7H2;1H3;(H,5,6)(H,7,8,9);1H4;;;;1H2/q;;;;;3*+1;/p-3. The Hall–Kier alpha value is 0.930. The molecule has 29 heteroatoms. The molecule has 59 heavy (non-hydrogen) atoms. The molecule has 8 bridgehead atoms. The van der Waals surface area contributed by atoms with Crippen molar-refractivity contribution in [3.63, 3.8) is 0 Å². The van der Waals surface area contributed by atoms with Crippen LogP contribution in [0.3, 0.4) is 0 Å². The number of aliphatic hydroxyl groups is 1. The Kier molecular flexibility index (Phi) is 27.2. The molecule has 0 radical (unpaired) electrons. The molecule has 0 aromatic rings. The van der Waals surface area contributed by atoms with Crippen LogP contribution >= 0.6 is 12.0 Å². The number of hydrogen-bond donors (Lipinski definition) is 2. The van der Waals surface area contributed by atoms with Gasteiger partial charge in [-0.2, -0.15) is 39.1 Å². The van der Waals surface area contributed by atoms with E-state index in [2.05, 4.69) is 14.1 Å². The van der Waals surface area contributed by atoms with E-state index in [-0.39, 0.29) is 114 Å². The number of carbonyl (C=O) groups is 3. The van der Waals surface area contributed by atoms with Gasteiger partial charge in [0.05, 0.1) is 13.7 Å². The van der Waals surface area contributed by atoms with Crippen LogP contribution in [0.2, 0.25) is 0 Å². The van der Waals surface area contributed by atoms with Crippen molar-refractivity contribution in [3.05, 3.63) is 0 Å². The summed E-state index contributed by atoms with van der Waals surface area (Å²) in [5.41, 5.74) is 0.274. The number of aliphatic carboxylic acids is 1. The van der Waals surface area contributed by atoms with Gasteiger partial charge in [-0.05, 0) is 118 Å². The first-order valence-electron chi connectivity index (χ1n) is 16.4. The Morgan fingerprint density at radius 2 is 1.07 bits per heavy atom. The van der Waals surface area contributed by atoms with Gasteiger partial charge in [0, 0.05) is 12.0 Å². The van der Waals surface area contributed by atoms with Crippen LogP contribution in [0, 0.1) is 46.3 Å². The normalized spacial score (nSPS) is 29.5. The van der Waals surface area contributed by atoms with Crippen LogP contribution in [-0.2, 0) is 53.6 Å². The molecule has 0 amide bonds. The number of esters is 2. The molecule has 0 aliphatic heterocycles. The van der Waals surface area contributed by atoms with Crippen molar-refractivity contribution in [2.45, 2.75) is 100 Å². The molecular formula is C30H44F7Na3O16S3. The molecule has 0 aromatic heterocycles. The molecule has 3 N–H and O–H groups in total. The first-order chi connectivity index (χ1) is 24.6. The summed E-state index contributed by atoms with van der Waals surface area (Å²) in [5, 5.41) is 15.0. The summed E-state index contributed by atoms with van der Waals surface area (Å²) in [4.78, 5) is 30.7. The summed E-state index contributed by atoms with van der Waals surface area (Å²) >= 11 is -0.639. The van der Waals surface area contributed by atoms with E-state index < -0.39 is 66.1 Å². The SMILES string of the molecule is C.COC(=O)C(F)(F)S(=O)(=O)F.O=C(O)C(F)(F)S(=O)(=O)[O-].O=C(OCC12CC3CC(CC(C3)C1)C2)C(F)(F)SOO[O-].OCC12CC3CC(CC(C3)C1)C2.[Na+].[Na+].[Na+].[OH-]. The minimum atomic E-state index is -6.22. The van der Waals surface area contributed by atoms with E-state index in [1.807, 2.05) is 0 Å². The first-order valence-corrected chi connectivity index (χ1v) is 20.0. The number of carboxylic acids is 1. The average molecular weight is 959 g/mol. The van der Waals surface area contributed by atoms with Gasteiger partial charge in [0.2, 0.25) is 0 Å². The number of alkyl halides is 6. The Morgan fingerprint density at radius 1 is 0.729 bits per heavy atom. The van der Waals surface area contributed by atoms with Crippen molar-refractivity contribution in [3.8, 4) is 0 Å². The molecule has 8 fully saturated rings. The predicted octanol–water partition coefficient (Wildman–Crippen LogP) is -4.86. The fraction of sp³-hybridized carbons (Fsp3) is 0.900. The van der Waals surface area contributed by atoms with E-state index in [1.54, 1.807) is 0 Å². The minimum Gasteiger partial charge on any atom is -0.870 e. The van der Waals surface area contributed by atoms with Crippen LogP contribution in [0.1, 0.15) is 84.5 Å². The summed E-state index contributed by atoms with van der Waals surface area (Å²) < 4.78 is 144. The van der Waals surface area contributed by atoms with Gasteiger partial charge in [-0.1, -0.05) is 11.3 Å². The van der Waals surface area contributed by atoms with Crippen LogP contribution in [0.5, 0.6) is 0 Å². The zero-order valence-corrected chi connectivity index (χ0v) is 40.3. The number of methoxy groups -OCH3 is 1. The maximum atomic E-state index is 13.3. The number of carbonyl (C=O) groups excluding carboxylic acids is 2. The average Bonchev–Trinajstić information content (AvgIpc) is 3.04. The molecule has 0 spiro atoms. The second kappa shape index (κ2) is 25.0. The number of hydrogen-bond acceptors (Lipinski definition) is 16. The first kappa shape index (κ1) is 64.2. The number of rotatable bonds is 11. The monoisotopic (exact) mass is 958 g/mol. The second-order valence-electron chi connectivity index (χ2n) is 15.0. The van der Waals surface area contributed by atoms with Crippen molar-refractivity contribution in [2.75, 3.05) is 20.3 Å². The summed E-state index contributed by atoms with van der Waals surface area (Å²) in [6.07, 6.45) is 15.1. The molecule has 16 nitrogen and oxygen atoms in total. The van der Waals surface area contributed by atoms with E-state index in [4.69, 9.17) is 9.84 Å². The number of carboxylic acid groups (broad SMARTS) is 1. The molecule has 0 unspecified atom stereocenters. The Labute approximate surface area is 407 Å². The Balaban J connectivity index is -0.000000725. The summed E-state index contributed by atoms with van der Waals surface area (Å²) in [5.74, 6) is -2.16. The third kappa shape index (κ3) is 16.7. The van der Waals surface area contributed by atoms with Crippen LogP contribution in [0.25, 0.3) is 0 Å². The quantitative estimate of drug-likeness (QED) is 0.0287. The molecule has 0 heterocycles. The fourth-order valence-electron chi connectivity index (χ4n) is 9.67. The molecule has 8 saturated carbocycles. The van der Waals surface area contributed by atoms with E-state index in [0.717, 1.165) is 37.0 Å². The van der Waals surface area contributed by atoms with Crippen LogP contribution in [0.15, 0.2) is 0 Å². The van der Waals surface area contributed by atoms with E-state index >= 15 is 0 Å². The molecule has 8 rings (SSSR count). The summed E-state index contributed by atoms with van der Waals surface area (Å²) in [6, 6.07) is 0. The van der Waals surface area contributed by atoms with E-state index in [1.165, 1.54) is 57.8 Å². The van der Waals surface area contributed by atoms with Crippen molar-refractivity contribution in [1.29, 1.82) is 0 Å². The molecule has 8 aliphatic rings. The molecule has 330 valence electrons. The largest absolute Gasteiger partial charge is 1.00 e. The van der Waals surface area contributed by atoms with Gasteiger partial charge >= 0.3 is 133 Å². The van der Waals surface area contributed by atoms with Crippen LogP contribution in [-0.4, -0.2) is 91.1 Å².